The Bertz CT molecular complexity index is 897. The molecule has 0 atom stereocenters. The molecule has 140 valence electrons. The minimum Gasteiger partial charge on any atom is -0.368 e. The van der Waals surface area contributed by atoms with Crippen molar-refractivity contribution in [1.82, 2.24) is 5.32 Å². The van der Waals surface area contributed by atoms with Crippen LogP contribution in [0.4, 0.5) is 0 Å². The van der Waals surface area contributed by atoms with Gasteiger partial charge in [0.05, 0.1) is 16.3 Å². The predicted octanol–water partition coefficient (Wildman–Crippen LogP) is 2.78. The summed E-state index contributed by atoms with van der Waals surface area (Å²) >= 11 is 12.0. The van der Waals surface area contributed by atoms with Gasteiger partial charge in [0.2, 0.25) is 5.96 Å². The quantitative estimate of drug-likeness (QED) is 0.327. The number of nitrogens with zero attached hydrogens (tertiary/aromatic N) is 3. The molecule has 3 N–H and O–H groups in total. The molecule has 0 aromatic heterocycles. The molecule has 2 aromatic rings. The van der Waals surface area contributed by atoms with E-state index in [-0.39, 0.29) is 18.1 Å². The first-order valence-corrected chi connectivity index (χ1v) is 8.10. The van der Waals surface area contributed by atoms with E-state index in [1.54, 1.807) is 30.3 Å². The van der Waals surface area contributed by atoms with E-state index in [0.29, 0.717) is 21.2 Å². The van der Waals surface area contributed by atoms with Crippen molar-refractivity contribution in [2.45, 2.75) is 6.61 Å². The van der Waals surface area contributed by atoms with Crippen molar-refractivity contribution < 1.29 is 14.7 Å². The molecule has 11 heteroatoms. The minimum absolute atomic E-state index is 0.218. The fourth-order valence-corrected chi connectivity index (χ4v) is 2.42. The van der Waals surface area contributed by atoms with E-state index in [0.717, 1.165) is 0 Å². The van der Waals surface area contributed by atoms with Crippen LogP contribution in [0.15, 0.2) is 52.7 Å². The summed E-state index contributed by atoms with van der Waals surface area (Å²) in [6.07, 6.45) is 1.30. The molecule has 0 unspecified atom stereocenters. The molecule has 0 aliphatic heterocycles. The van der Waals surface area contributed by atoms with Crippen molar-refractivity contribution in [3.63, 3.8) is 0 Å². The van der Waals surface area contributed by atoms with Crippen LogP contribution in [-0.2, 0) is 11.4 Å². The van der Waals surface area contributed by atoms with Crippen molar-refractivity contribution in [3.05, 3.63) is 79.3 Å². The molecule has 2 rings (SSSR count). The lowest BCUT2D eigenvalue weighted by Gasteiger charge is -2.05. The van der Waals surface area contributed by atoms with Crippen LogP contribution in [0.2, 0.25) is 10.0 Å². The number of nitrogens with two attached hydrogens (primary N) is 1. The first kappa shape index (κ1) is 20.1. The summed E-state index contributed by atoms with van der Waals surface area (Å²) in [5.41, 5.74) is 6.74. The van der Waals surface area contributed by atoms with Gasteiger partial charge in [-0.05, 0) is 29.8 Å². The molecular weight excluding hydrogens is 397 g/mol. The molecule has 0 fully saturated rings. The van der Waals surface area contributed by atoms with Gasteiger partial charge in [0, 0.05) is 11.1 Å². The summed E-state index contributed by atoms with van der Waals surface area (Å²) in [6.45, 7) is -0.277. The summed E-state index contributed by atoms with van der Waals surface area (Å²) in [5, 5.41) is 19.8. The number of carbonyl (C=O) groups is 1. The van der Waals surface area contributed by atoms with Crippen molar-refractivity contribution in [2.75, 3.05) is 0 Å². The number of nitrogens with one attached hydrogen (secondary N) is 1. The van der Waals surface area contributed by atoms with Crippen LogP contribution >= 0.6 is 23.2 Å². The number of carbonyl (C=O) groups excluding carboxylic acids is 1. The lowest BCUT2D eigenvalue weighted by molar-refractivity contribution is -0.763. The standard InChI is InChI=1S/C16H13Cl2N5O4/c17-13-5-2-6-14(18)12(13)8-20-22-16(19)21-15(24)11-4-1-3-10(7-11)9-27-23(25)26/h1-8H,9H2,(H3,19,21,22,24)/b20-8+. The van der Waals surface area contributed by atoms with Crippen LogP contribution in [-0.4, -0.2) is 23.2 Å². The highest BCUT2D eigenvalue weighted by molar-refractivity contribution is 6.38. The number of hydrogen-bond donors (Lipinski definition) is 2. The zero-order valence-corrected chi connectivity index (χ0v) is 15.1. The average molecular weight is 410 g/mol. The Balaban J connectivity index is 2.02. The van der Waals surface area contributed by atoms with Crippen LogP contribution in [0, 0.1) is 10.1 Å². The third kappa shape index (κ3) is 6.24. The highest BCUT2D eigenvalue weighted by Crippen LogP contribution is 2.22. The van der Waals surface area contributed by atoms with Gasteiger partial charge >= 0.3 is 0 Å². The molecule has 0 radical (unpaired) electrons. The van der Waals surface area contributed by atoms with E-state index in [1.807, 2.05) is 0 Å². The van der Waals surface area contributed by atoms with Gasteiger partial charge in [-0.1, -0.05) is 41.4 Å². The fraction of sp³-hybridized carbons (Fsp3) is 0.0625. The smallest absolute Gasteiger partial charge is 0.294 e. The lowest BCUT2D eigenvalue weighted by atomic mass is 10.1. The van der Waals surface area contributed by atoms with E-state index >= 15 is 0 Å². The van der Waals surface area contributed by atoms with Crippen LogP contribution in [0.3, 0.4) is 0 Å². The van der Waals surface area contributed by atoms with E-state index in [2.05, 4.69) is 20.4 Å². The molecule has 0 bridgehead atoms. The highest BCUT2D eigenvalue weighted by atomic mass is 35.5. The summed E-state index contributed by atoms with van der Waals surface area (Å²) in [6, 6.07) is 11.0. The number of benzene rings is 2. The molecule has 0 aliphatic rings. The van der Waals surface area contributed by atoms with Gasteiger partial charge in [-0.15, -0.1) is 15.2 Å². The maximum Gasteiger partial charge on any atom is 0.294 e. The third-order valence-electron chi connectivity index (χ3n) is 3.12. The van der Waals surface area contributed by atoms with Gasteiger partial charge in [-0.3, -0.25) is 10.1 Å². The van der Waals surface area contributed by atoms with Crippen LogP contribution in [0.1, 0.15) is 21.5 Å². The number of amides is 1. The predicted molar refractivity (Wildman–Crippen MR) is 101 cm³/mol. The fourth-order valence-electron chi connectivity index (χ4n) is 1.93. The molecule has 2 aromatic carbocycles. The molecular formula is C16H13Cl2N5O4. The van der Waals surface area contributed by atoms with Crippen molar-refractivity contribution >= 4 is 41.3 Å². The molecule has 0 saturated carbocycles. The first-order valence-electron chi connectivity index (χ1n) is 7.35. The first-order chi connectivity index (χ1) is 12.9. The SMILES string of the molecule is N/C(=N\N=C\c1c(Cl)cccc1Cl)NC(=O)c1cccc(CO[N+](=O)[O-])c1. The molecule has 1 amide bonds. The van der Waals surface area contributed by atoms with Gasteiger partial charge in [0.15, 0.2) is 0 Å². The second kappa shape index (κ2) is 9.51. The Morgan fingerprint density at radius 1 is 1.26 bits per heavy atom. The number of rotatable bonds is 6. The second-order valence-corrected chi connectivity index (χ2v) is 5.83. The summed E-state index contributed by atoms with van der Waals surface area (Å²) in [7, 11) is 0. The van der Waals surface area contributed by atoms with Gasteiger partial charge in [-0.2, -0.15) is 5.10 Å². The zero-order valence-electron chi connectivity index (χ0n) is 13.6. The number of guanidine groups is 1. The van der Waals surface area contributed by atoms with E-state index in [1.165, 1.54) is 18.3 Å². The van der Waals surface area contributed by atoms with Crippen LogP contribution in [0.5, 0.6) is 0 Å². The molecule has 0 aliphatic carbocycles. The Hall–Kier alpha value is -3.17. The monoisotopic (exact) mass is 409 g/mol. The van der Waals surface area contributed by atoms with Gasteiger partial charge in [-0.25, -0.2) is 0 Å². The van der Waals surface area contributed by atoms with Crippen molar-refractivity contribution in [2.24, 2.45) is 15.9 Å². The Morgan fingerprint density at radius 3 is 2.59 bits per heavy atom. The minimum atomic E-state index is -0.916. The Labute approximate surface area is 163 Å². The van der Waals surface area contributed by atoms with Crippen LogP contribution < -0.4 is 11.1 Å². The normalized spacial score (nSPS) is 11.4. The summed E-state index contributed by atoms with van der Waals surface area (Å²) in [5.74, 6) is -0.823. The molecule has 0 heterocycles. The van der Waals surface area contributed by atoms with Gasteiger partial charge < -0.3 is 10.6 Å². The third-order valence-corrected chi connectivity index (χ3v) is 3.78. The number of halogens is 2. The highest BCUT2D eigenvalue weighted by Gasteiger charge is 2.08. The molecule has 0 spiro atoms. The maximum atomic E-state index is 12.1. The van der Waals surface area contributed by atoms with Gasteiger partial charge in [0.1, 0.15) is 6.61 Å². The summed E-state index contributed by atoms with van der Waals surface area (Å²) in [4.78, 5) is 26.6. The molecule has 27 heavy (non-hydrogen) atoms. The maximum absolute atomic E-state index is 12.1. The van der Waals surface area contributed by atoms with E-state index < -0.39 is 11.0 Å². The van der Waals surface area contributed by atoms with Crippen LogP contribution in [0.25, 0.3) is 0 Å². The topological polar surface area (TPSA) is 132 Å². The van der Waals surface area contributed by atoms with E-state index in [4.69, 9.17) is 28.9 Å². The zero-order chi connectivity index (χ0) is 19.8. The van der Waals surface area contributed by atoms with E-state index in [9.17, 15) is 14.9 Å². The van der Waals surface area contributed by atoms with Crippen molar-refractivity contribution in [3.8, 4) is 0 Å². The Kier molecular flexibility index (Phi) is 7.09. The molecule has 9 nitrogen and oxygen atoms in total. The lowest BCUT2D eigenvalue weighted by Crippen LogP contribution is -2.36. The average Bonchev–Trinajstić information content (AvgIpc) is 2.62. The Morgan fingerprint density at radius 2 is 1.93 bits per heavy atom. The summed E-state index contributed by atoms with van der Waals surface area (Å²) < 4.78 is 0. The largest absolute Gasteiger partial charge is 0.368 e. The number of hydrogen-bond acceptors (Lipinski definition) is 6. The second-order valence-electron chi connectivity index (χ2n) is 5.02. The van der Waals surface area contributed by atoms with Crippen molar-refractivity contribution in [1.29, 1.82) is 0 Å². The van der Waals surface area contributed by atoms with Gasteiger partial charge in [0.25, 0.3) is 11.0 Å². The molecule has 0 saturated heterocycles.